The van der Waals surface area contributed by atoms with Gasteiger partial charge < -0.3 is 31.9 Å². The molecule has 1 rings (SSSR count). The molecule has 1 heterocycles. The molecule has 13 heteroatoms. The first kappa shape index (κ1) is 41.3. The van der Waals surface area contributed by atoms with Crippen LogP contribution in [0, 0.1) is 11.8 Å². The highest BCUT2D eigenvalue weighted by atomic mass is 16.5. The minimum Gasteiger partial charge on any atom is -0.355 e. The van der Waals surface area contributed by atoms with Crippen molar-refractivity contribution in [1.82, 2.24) is 31.9 Å². The summed E-state index contributed by atoms with van der Waals surface area (Å²) in [7, 11) is 0. The molecule has 13 nitrogen and oxygen atoms in total. The van der Waals surface area contributed by atoms with Crippen molar-refractivity contribution < 1.29 is 33.9 Å². The number of nitrogens with one attached hydrogen (secondary N) is 6. The molecule has 0 saturated carbocycles. The first-order valence-electron chi connectivity index (χ1n) is 17.2. The largest absolute Gasteiger partial charge is 0.355 e. The van der Waals surface area contributed by atoms with Crippen LogP contribution in [0.15, 0.2) is 24.5 Å². The fourth-order valence-electron chi connectivity index (χ4n) is 5.06. The molecule has 47 heavy (non-hydrogen) atoms. The van der Waals surface area contributed by atoms with Crippen molar-refractivity contribution in [2.24, 2.45) is 11.8 Å². The molecule has 0 bridgehead atoms. The highest BCUT2D eigenvalue weighted by Gasteiger charge is 2.31. The topological polar surface area (TPSA) is 182 Å². The molecule has 0 fully saturated rings. The average molecular weight is 663 g/mol. The van der Waals surface area contributed by atoms with Gasteiger partial charge in [0.15, 0.2) is 0 Å². The zero-order valence-electron chi connectivity index (χ0n) is 29.7. The quantitative estimate of drug-likeness (QED) is 0.0732. The van der Waals surface area contributed by atoms with E-state index in [1.165, 1.54) is 24.5 Å². The predicted molar refractivity (Wildman–Crippen MR) is 180 cm³/mol. The lowest BCUT2D eigenvalue weighted by Gasteiger charge is -2.28. The summed E-state index contributed by atoms with van der Waals surface area (Å²) in [6, 6.07) is -0.378. The number of nitrogens with zero attached hydrogens (tertiary/aromatic N) is 1. The molecule has 0 aliphatic heterocycles. The van der Waals surface area contributed by atoms with Crippen LogP contribution in [0.3, 0.4) is 0 Å². The van der Waals surface area contributed by atoms with Gasteiger partial charge in [0.05, 0.1) is 11.6 Å². The maximum atomic E-state index is 13.6. The highest BCUT2D eigenvalue weighted by molar-refractivity contribution is 5.98. The monoisotopic (exact) mass is 662 g/mol. The second kappa shape index (κ2) is 21.9. The second-order valence-electron chi connectivity index (χ2n) is 12.7. The number of amides is 5. The molecule has 0 saturated heterocycles. The van der Waals surface area contributed by atoms with Crippen molar-refractivity contribution in [2.75, 3.05) is 13.1 Å². The van der Waals surface area contributed by atoms with Crippen LogP contribution in [-0.2, 0) is 19.2 Å². The average Bonchev–Trinajstić information content (AvgIpc) is 3.03. The summed E-state index contributed by atoms with van der Waals surface area (Å²) >= 11 is 0. The van der Waals surface area contributed by atoms with Crippen molar-refractivity contribution in [2.45, 2.75) is 131 Å². The normalized spacial score (nSPS) is 15.0. The molecule has 266 valence electrons. The summed E-state index contributed by atoms with van der Waals surface area (Å²) in [5.74, 6) is -1.74. The molecule has 7 N–H and O–H groups in total. The van der Waals surface area contributed by atoms with Crippen molar-refractivity contribution >= 4 is 29.5 Å². The minimum atomic E-state index is -0.880. The molecular weight excluding hydrogens is 602 g/mol. The van der Waals surface area contributed by atoms with Gasteiger partial charge in [0.2, 0.25) is 36.0 Å². The Bertz CT molecular complexity index is 1130. The van der Waals surface area contributed by atoms with Crippen LogP contribution >= 0.6 is 0 Å². The van der Waals surface area contributed by atoms with E-state index in [-0.39, 0.29) is 41.2 Å². The smallest absolute Gasteiger partial charge is 0.252 e. The Morgan fingerprint density at radius 1 is 0.766 bits per heavy atom. The predicted octanol–water partition coefficient (Wildman–Crippen LogP) is 1.96. The van der Waals surface area contributed by atoms with Crippen molar-refractivity contribution in [1.29, 1.82) is 0 Å². The third-order valence-electron chi connectivity index (χ3n) is 8.06. The molecular formula is C34H60N7O6+. The summed E-state index contributed by atoms with van der Waals surface area (Å²) in [6.07, 6.45) is 7.19. The number of carbonyl (C=O) groups excluding carboxylic acids is 5. The van der Waals surface area contributed by atoms with Crippen molar-refractivity contribution in [3.63, 3.8) is 0 Å². The lowest BCUT2D eigenvalue weighted by molar-refractivity contribution is -0.904. The third kappa shape index (κ3) is 15.1. The van der Waals surface area contributed by atoms with E-state index in [1.807, 2.05) is 48.5 Å². The van der Waals surface area contributed by atoms with E-state index in [9.17, 15) is 29.2 Å². The zero-order chi connectivity index (χ0) is 35.5. The van der Waals surface area contributed by atoms with E-state index in [1.54, 1.807) is 6.92 Å². The molecule has 3 unspecified atom stereocenters. The van der Waals surface area contributed by atoms with Gasteiger partial charge in [0.1, 0.15) is 18.1 Å². The molecule has 1 aromatic rings. The molecule has 0 aliphatic carbocycles. The van der Waals surface area contributed by atoms with Gasteiger partial charge in [0.25, 0.3) is 5.91 Å². The highest BCUT2D eigenvalue weighted by Crippen LogP contribution is 2.12. The number of hydrogen-bond donors (Lipinski definition) is 7. The van der Waals surface area contributed by atoms with Gasteiger partial charge in [-0.25, -0.2) is 0 Å². The Morgan fingerprint density at radius 3 is 1.94 bits per heavy atom. The number of likely N-dealkylation sites (N-methyl/N-ethyl adjacent to an activating group) is 1. The van der Waals surface area contributed by atoms with E-state index >= 15 is 0 Å². The number of hydrogen-bond acceptors (Lipinski definition) is 7. The summed E-state index contributed by atoms with van der Waals surface area (Å²) in [6.45, 7) is 16.1. The number of unbranched alkanes of at least 4 members (excludes halogenated alkanes) is 1. The second-order valence-corrected chi connectivity index (χ2v) is 12.7. The number of aromatic nitrogens is 1. The van der Waals surface area contributed by atoms with Crippen LogP contribution < -0.4 is 36.6 Å². The Labute approximate surface area is 280 Å². The van der Waals surface area contributed by atoms with Crippen molar-refractivity contribution in [3.8, 4) is 0 Å². The van der Waals surface area contributed by atoms with Gasteiger partial charge >= 0.3 is 0 Å². The third-order valence-corrected chi connectivity index (χ3v) is 8.06. The Balaban J connectivity index is 2.96. The number of rotatable bonds is 22. The fourth-order valence-corrected chi connectivity index (χ4v) is 5.06. The lowest BCUT2D eigenvalue weighted by atomic mass is 9.97. The summed E-state index contributed by atoms with van der Waals surface area (Å²) < 4.78 is 0.819. The first-order chi connectivity index (χ1) is 22.3. The Hall–Kier alpha value is -3.74. The van der Waals surface area contributed by atoms with E-state index in [0.29, 0.717) is 45.2 Å². The van der Waals surface area contributed by atoms with Crippen molar-refractivity contribution in [3.05, 3.63) is 30.1 Å². The van der Waals surface area contributed by atoms with E-state index in [4.69, 9.17) is 0 Å². The molecule has 6 atom stereocenters. The van der Waals surface area contributed by atoms with E-state index < -0.39 is 36.0 Å². The van der Waals surface area contributed by atoms with Gasteiger partial charge in [-0.1, -0.05) is 67.2 Å². The Morgan fingerprint density at radius 2 is 1.38 bits per heavy atom. The summed E-state index contributed by atoms with van der Waals surface area (Å²) in [4.78, 5) is 65.5. The molecule has 0 radical (unpaired) electrons. The lowest BCUT2D eigenvalue weighted by Crippen LogP contribution is -2.58. The van der Waals surface area contributed by atoms with Crippen LogP contribution in [0.25, 0.3) is 0 Å². The number of pyridine rings is 1. The van der Waals surface area contributed by atoms with Gasteiger partial charge in [-0.2, -0.15) is 0 Å². The van der Waals surface area contributed by atoms with E-state index in [0.717, 1.165) is 17.6 Å². The van der Waals surface area contributed by atoms with Gasteiger partial charge in [-0.3, -0.25) is 29.2 Å². The van der Waals surface area contributed by atoms with Gasteiger partial charge in [-0.15, -0.1) is 0 Å². The van der Waals surface area contributed by atoms with Crippen LogP contribution in [0.5, 0.6) is 0 Å². The van der Waals surface area contributed by atoms with Crippen LogP contribution in [0.2, 0.25) is 0 Å². The molecule has 0 aromatic carbocycles. The summed E-state index contributed by atoms with van der Waals surface area (Å²) in [5, 5.41) is 27.0. The maximum Gasteiger partial charge on any atom is 0.252 e. The van der Waals surface area contributed by atoms with Crippen LogP contribution in [0.4, 0.5) is 0 Å². The molecule has 0 aliphatic rings. The maximum absolute atomic E-state index is 13.6. The molecule has 5 amide bonds. The fraction of sp³-hybridized carbons (Fsp3) is 0.706. The zero-order valence-corrected chi connectivity index (χ0v) is 29.7. The molecule has 1 aromatic heterocycles. The minimum absolute atomic E-state index is 0.204. The van der Waals surface area contributed by atoms with Gasteiger partial charge in [0, 0.05) is 36.0 Å². The molecule has 0 spiro atoms. The SMILES string of the molecule is CCCCC(NC(=O)[C@H](C)NCC(CC(C)C)NC(=O)[C@H](CCC)NC(=O)C(NC(=O)c1cc[n+](O)cc1)[C@@H](C)CC)C(=O)NCC. The first-order valence-corrected chi connectivity index (χ1v) is 17.2. The van der Waals surface area contributed by atoms with Crippen LogP contribution in [-0.4, -0.2) is 78.0 Å². The van der Waals surface area contributed by atoms with E-state index in [2.05, 4.69) is 31.9 Å². The van der Waals surface area contributed by atoms with Crippen LogP contribution in [0.1, 0.15) is 111 Å². The van der Waals surface area contributed by atoms with Gasteiger partial charge in [-0.05, 0) is 44.9 Å². The Kier molecular flexibility index (Phi) is 19.3. The summed E-state index contributed by atoms with van der Waals surface area (Å²) in [5.41, 5.74) is 0.284. The standard InChI is InChI=1S/C34H59N7O6/c1-9-13-15-28(32(44)35-12-4)38-30(42)24(8)36-21-26(20-22(5)6)37-33(45)27(14-10-2)39-34(46)29(23(7)11-3)40-31(43)25-16-18-41(47)19-17-25/h16-19,22-24,26-29,36H,9-15,20-21H2,1-8H3,(H5-,35,37,38,39,40,42,43,44,45,46,47)/p+1/t23-,24-,26?,27-,28?,29?/m0/s1. The number of carbonyl (C=O) groups is 5.